The van der Waals surface area contributed by atoms with Crippen LogP contribution < -0.4 is 16.2 Å². The van der Waals surface area contributed by atoms with Gasteiger partial charge in [-0.05, 0) is 7.05 Å². The van der Waals surface area contributed by atoms with E-state index in [9.17, 15) is 9.59 Å². The van der Waals surface area contributed by atoms with Crippen LogP contribution in [0.3, 0.4) is 0 Å². The van der Waals surface area contributed by atoms with Gasteiger partial charge in [0, 0.05) is 18.8 Å². The lowest BCUT2D eigenvalue weighted by Gasteiger charge is -2.36. The van der Waals surface area contributed by atoms with Crippen LogP contribution in [0.1, 0.15) is 0 Å². The molecule has 0 spiro atoms. The molecule has 7 nitrogen and oxygen atoms in total. The summed E-state index contributed by atoms with van der Waals surface area (Å²) in [5.74, 6) is 0.435. The SMILES string of the molecule is CN1CC2C(=O)NNC2C(C(=O)NC2=NCCS2)C1. The molecule has 2 amide bonds. The van der Waals surface area contributed by atoms with Gasteiger partial charge in [0.15, 0.2) is 5.17 Å². The van der Waals surface area contributed by atoms with Gasteiger partial charge in [-0.15, -0.1) is 0 Å². The maximum atomic E-state index is 12.3. The topological polar surface area (TPSA) is 85.8 Å². The molecular weight excluding hydrogens is 266 g/mol. The first-order valence-corrected chi connectivity index (χ1v) is 7.36. The Kier molecular flexibility index (Phi) is 3.46. The van der Waals surface area contributed by atoms with Crippen molar-refractivity contribution in [2.45, 2.75) is 6.04 Å². The summed E-state index contributed by atoms with van der Waals surface area (Å²) in [6.07, 6.45) is 0. The van der Waals surface area contributed by atoms with Crippen LogP contribution in [0.4, 0.5) is 0 Å². The van der Waals surface area contributed by atoms with E-state index in [4.69, 9.17) is 0 Å². The van der Waals surface area contributed by atoms with Crippen LogP contribution in [-0.4, -0.2) is 60.4 Å². The van der Waals surface area contributed by atoms with Crippen molar-refractivity contribution in [2.24, 2.45) is 16.8 Å². The quantitative estimate of drug-likeness (QED) is 0.539. The Morgan fingerprint density at radius 3 is 3.11 bits per heavy atom. The second-order valence-corrected chi connectivity index (χ2v) is 6.20. The predicted molar refractivity (Wildman–Crippen MR) is 72.4 cm³/mol. The highest BCUT2D eigenvalue weighted by Gasteiger charge is 2.46. The van der Waals surface area contributed by atoms with Gasteiger partial charge in [-0.1, -0.05) is 11.8 Å². The minimum atomic E-state index is -0.244. The minimum Gasteiger partial charge on any atom is -0.305 e. The number of thioether (sulfide) groups is 1. The van der Waals surface area contributed by atoms with Gasteiger partial charge >= 0.3 is 0 Å². The molecule has 2 fully saturated rings. The Labute approximate surface area is 115 Å². The first kappa shape index (κ1) is 12.9. The van der Waals surface area contributed by atoms with Crippen molar-refractivity contribution in [1.82, 2.24) is 21.1 Å². The third-order valence-electron chi connectivity index (χ3n) is 3.73. The predicted octanol–water partition coefficient (Wildman–Crippen LogP) is -1.61. The molecule has 0 aromatic heterocycles. The lowest BCUT2D eigenvalue weighted by molar-refractivity contribution is -0.128. The lowest BCUT2D eigenvalue weighted by Crippen LogP contribution is -2.56. The number of likely N-dealkylation sites (tertiary alicyclic amines) is 1. The Balaban J connectivity index is 1.71. The van der Waals surface area contributed by atoms with Gasteiger partial charge in [-0.2, -0.15) is 0 Å². The second-order valence-electron chi connectivity index (χ2n) is 5.12. The van der Waals surface area contributed by atoms with E-state index < -0.39 is 0 Å². The maximum absolute atomic E-state index is 12.3. The molecule has 0 saturated carbocycles. The van der Waals surface area contributed by atoms with Crippen molar-refractivity contribution in [2.75, 3.05) is 32.4 Å². The van der Waals surface area contributed by atoms with Crippen LogP contribution in [0.15, 0.2) is 4.99 Å². The zero-order valence-corrected chi connectivity index (χ0v) is 11.5. The Morgan fingerprint density at radius 2 is 2.37 bits per heavy atom. The van der Waals surface area contributed by atoms with Crippen LogP contribution >= 0.6 is 11.8 Å². The van der Waals surface area contributed by atoms with Crippen LogP contribution in [0.2, 0.25) is 0 Å². The molecule has 8 heteroatoms. The number of fused-ring (bicyclic) bond motifs is 1. The van der Waals surface area contributed by atoms with E-state index >= 15 is 0 Å². The number of nitrogens with zero attached hydrogens (tertiary/aromatic N) is 2. The average Bonchev–Trinajstić information content (AvgIpc) is 2.99. The smallest absolute Gasteiger partial charge is 0.240 e. The summed E-state index contributed by atoms with van der Waals surface area (Å²) in [6.45, 7) is 2.09. The summed E-state index contributed by atoms with van der Waals surface area (Å²) >= 11 is 1.56. The van der Waals surface area contributed by atoms with Gasteiger partial charge in [0.05, 0.1) is 24.4 Å². The third-order valence-corrected chi connectivity index (χ3v) is 4.63. The van der Waals surface area contributed by atoms with E-state index in [1.807, 2.05) is 11.9 Å². The average molecular weight is 283 g/mol. The summed E-state index contributed by atoms with van der Waals surface area (Å²) in [4.78, 5) is 30.3. The fraction of sp³-hybridized carbons (Fsp3) is 0.727. The standard InChI is InChI=1S/C11H17N5O2S/c1-16-4-6(8-7(5-16)10(18)15-14-8)9(17)13-11-12-2-3-19-11/h6-8,14H,2-5H2,1H3,(H,15,18)(H,12,13,17). The molecule has 0 aliphatic carbocycles. The fourth-order valence-electron chi connectivity index (χ4n) is 2.80. The number of carbonyl (C=O) groups excluding carboxylic acids is 2. The lowest BCUT2D eigenvalue weighted by atomic mass is 9.84. The van der Waals surface area contributed by atoms with Crippen molar-refractivity contribution in [1.29, 1.82) is 0 Å². The minimum absolute atomic E-state index is 0.0260. The largest absolute Gasteiger partial charge is 0.305 e. The molecule has 104 valence electrons. The van der Waals surface area contributed by atoms with Gasteiger partial charge in [-0.3, -0.25) is 20.0 Å². The number of amides is 2. The number of aliphatic imine (C=N–C) groups is 1. The third kappa shape index (κ3) is 2.47. The molecule has 3 unspecified atom stereocenters. The van der Waals surface area contributed by atoms with E-state index in [0.717, 1.165) is 12.3 Å². The molecular formula is C11H17N5O2S. The van der Waals surface area contributed by atoms with Crippen molar-refractivity contribution < 1.29 is 9.59 Å². The van der Waals surface area contributed by atoms with Gasteiger partial charge < -0.3 is 10.2 Å². The molecule has 3 atom stereocenters. The van der Waals surface area contributed by atoms with Crippen LogP contribution in [0.25, 0.3) is 0 Å². The van der Waals surface area contributed by atoms with E-state index in [1.54, 1.807) is 11.8 Å². The van der Waals surface area contributed by atoms with E-state index in [1.165, 1.54) is 0 Å². The molecule has 3 aliphatic heterocycles. The molecule has 3 rings (SSSR count). The molecule has 0 aromatic carbocycles. The maximum Gasteiger partial charge on any atom is 0.240 e. The number of hydrogen-bond donors (Lipinski definition) is 3. The molecule has 3 N–H and O–H groups in total. The summed E-state index contributed by atoms with van der Waals surface area (Å²) in [6, 6.07) is -0.129. The highest BCUT2D eigenvalue weighted by Crippen LogP contribution is 2.25. The summed E-state index contributed by atoms with van der Waals surface area (Å²) in [5, 5.41) is 3.57. The molecule has 19 heavy (non-hydrogen) atoms. The van der Waals surface area contributed by atoms with Crippen LogP contribution in [0, 0.1) is 11.8 Å². The number of amidine groups is 1. The Hall–Kier alpha value is -1.12. The summed E-state index contributed by atoms with van der Waals surface area (Å²) in [7, 11) is 1.93. The zero-order chi connectivity index (χ0) is 13.4. The highest BCUT2D eigenvalue weighted by molar-refractivity contribution is 8.14. The first-order chi connectivity index (χ1) is 9.15. The van der Waals surface area contributed by atoms with Gasteiger partial charge in [-0.25, -0.2) is 5.43 Å². The Bertz CT molecular complexity index is 441. The van der Waals surface area contributed by atoms with E-state index in [-0.39, 0.29) is 29.7 Å². The first-order valence-electron chi connectivity index (χ1n) is 6.37. The molecule has 0 radical (unpaired) electrons. The summed E-state index contributed by atoms with van der Waals surface area (Å²) in [5.41, 5.74) is 5.58. The molecule has 2 saturated heterocycles. The van der Waals surface area contributed by atoms with Gasteiger partial charge in [0.1, 0.15) is 0 Å². The number of nitrogens with one attached hydrogen (secondary N) is 3. The number of piperidine rings is 1. The van der Waals surface area contributed by atoms with Gasteiger partial charge in [0.25, 0.3) is 0 Å². The molecule has 3 aliphatic rings. The van der Waals surface area contributed by atoms with Crippen molar-refractivity contribution in [3.8, 4) is 0 Å². The van der Waals surface area contributed by atoms with E-state index in [0.29, 0.717) is 18.3 Å². The molecule has 0 bridgehead atoms. The normalized spacial score (nSPS) is 34.7. The van der Waals surface area contributed by atoms with Gasteiger partial charge in [0.2, 0.25) is 11.8 Å². The monoisotopic (exact) mass is 283 g/mol. The van der Waals surface area contributed by atoms with E-state index in [2.05, 4.69) is 21.2 Å². The Morgan fingerprint density at radius 1 is 1.53 bits per heavy atom. The van der Waals surface area contributed by atoms with Crippen LogP contribution in [0.5, 0.6) is 0 Å². The second kappa shape index (κ2) is 5.10. The molecule has 3 heterocycles. The molecule has 0 aromatic rings. The number of rotatable bonds is 1. The van der Waals surface area contributed by atoms with Crippen LogP contribution in [-0.2, 0) is 9.59 Å². The van der Waals surface area contributed by atoms with Crippen molar-refractivity contribution in [3.05, 3.63) is 0 Å². The zero-order valence-electron chi connectivity index (χ0n) is 10.7. The number of hydrazine groups is 1. The number of hydrogen-bond acceptors (Lipinski definition) is 6. The highest BCUT2D eigenvalue weighted by atomic mass is 32.2. The number of carbonyl (C=O) groups is 2. The fourth-order valence-corrected chi connectivity index (χ4v) is 3.53. The van der Waals surface area contributed by atoms with Crippen molar-refractivity contribution >= 4 is 28.7 Å². The summed E-state index contributed by atoms with van der Waals surface area (Å²) < 4.78 is 0. The van der Waals surface area contributed by atoms with Crippen molar-refractivity contribution in [3.63, 3.8) is 0 Å².